The van der Waals surface area contributed by atoms with Gasteiger partial charge in [0.05, 0.1) is 12.3 Å². The molecule has 2 rings (SSSR count). The van der Waals surface area contributed by atoms with E-state index in [1.165, 1.54) is 0 Å². The fourth-order valence-electron chi connectivity index (χ4n) is 2.57. The molecule has 1 aromatic heterocycles. The minimum absolute atomic E-state index is 0.154. The minimum Gasteiger partial charge on any atom is -0.393 e. The van der Waals surface area contributed by atoms with Crippen LogP contribution < -0.4 is 10.6 Å². The maximum Gasteiger partial charge on any atom is 0.320 e. The van der Waals surface area contributed by atoms with Gasteiger partial charge in [0.15, 0.2) is 0 Å². The van der Waals surface area contributed by atoms with Crippen LogP contribution in [0.5, 0.6) is 0 Å². The van der Waals surface area contributed by atoms with Gasteiger partial charge in [-0.2, -0.15) is 5.10 Å². The molecule has 2 amide bonds. The first-order valence-corrected chi connectivity index (χ1v) is 7.38. The zero-order chi connectivity index (χ0) is 14.5. The van der Waals surface area contributed by atoms with Crippen molar-refractivity contribution in [1.29, 1.82) is 0 Å². The van der Waals surface area contributed by atoms with Gasteiger partial charge in [0.1, 0.15) is 5.82 Å². The molecule has 0 atom stereocenters. The highest BCUT2D eigenvalue weighted by molar-refractivity contribution is 5.89. The topological polar surface area (TPSA) is 79.2 Å². The highest BCUT2D eigenvalue weighted by atomic mass is 16.3. The number of hydrogen-bond acceptors (Lipinski definition) is 3. The first kappa shape index (κ1) is 14.8. The lowest BCUT2D eigenvalue weighted by atomic mass is 9.93. The van der Waals surface area contributed by atoms with E-state index in [0.29, 0.717) is 0 Å². The Morgan fingerprint density at radius 3 is 2.80 bits per heavy atom. The van der Waals surface area contributed by atoms with Crippen molar-refractivity contribution in [3.05, 3.63) is 11.8 Å². The van der Waals surface area contributed by atoms with E-state index in [2.05, 4.69) is 22.7 Å². The Kier molecular flexibility index (Phi) is 5.00. The normalized spacial score (nSPS) is 22.6. The van der Waals surface area contributed by atoms with Crippen LogP contribution in [0.3, 0.4) is 0 Å². The Labute approximate surface area is 119 Å². The lowest BCUT2D eigenvalue weighted by Crippen LogP contribution is -2.41. The quantitative estimate of drug-likeness (QED) is 0.789. The number of nitrogens with one attached hydrogen (secondary N) is 2. The summed E-state index contributed by atoms with van der Waals surface area (Å²) in [6, 6.07) is -0.0337. The molecule has 3 N–H and O–H groups in total. The standard InChI is InChI=1S/C14H24N4O2/c1-3-8-18-13(10(2)9-15-18)17-14(20)16-11-4-6-12(19)7-5-11/h9,11-12,19H,3-8H2,1-2H3,(H2,16,17,20). The molecule has 0 saturated heterocycles. The number of urea groups is 1. The molecule has 0 bridgehead atoms. The van der Waals surface area contributed by atoms with Gasteiger partial charge in [-0.3, -0.25) is 5.32 Å². The van der Waals surface area contributed by atoms with Gasteiger partial charge in [0.25, 0.3) is 0 Å². The highest BCUT2D eigenvalue weighted by Gasteiger charge is 2.21. The van der Waals surface area contributed by atoms with Crippen molar-refractivity contribution in [3.8, 4) is 0 Å². The van der Waals surface area contributed by atoms with E-state index in [0.717, 1.165) is 50.0 Å². The number of rotatable bonds is 4. The summed E-state index contributed by atoms with van der Waals surface area (Å²) in [7, 11) is 0. The molecule has 1 aliphatic carbocycles. The van der Waals surface area contributed by atoms with Crippen LogP contribution in [-0.4, -0.2) is 33.1 Å². The predicted octanol–water partition coefficient (Wildman–Crippen LogP) is 2.03. The summed E-state index contributed by atoms with van der Waals surface area (Å²) >= 11 is 0. The van der Waals surface area contributed by atoms with Crippen LogP contribution in [0.4, 0.5) is 10.6 Å². The average molecular weight is 280 g/mol. The van der Waals surface area contributed by atoms with Gasteiger partial charge < -0.3 is 10.4 Å². The number of carbonyl (C=O) groups is 1. The van der Waals surface area contributed by atoms with Crippen molar-refractivity contribution in [2.24, 2.45) is 0 Å². The number of carbonyl (C=O) groups excluding carboxylic acids is 1. The molecule has 1 aliphatic rings. The zero-order valence-corrected chi connectivity index (χ0v) is 12.2. The van der Waals surface area contributed by atoms with Crippen LogP contribution in [0.2, 0.25) is 0 Å². The Bertz CT molecular complexity index is 450. The highest BCUT2D eigenvalue weighted by Crippen LogP contribution is 2.19. The van der Waals surface area contributed by atoms with Gasteiger partial charge in [-0.05, 0) is 39.0 Å². The molecule has 1 aromatic rings. The van der Waals surface area contributed by atoms with Gasteiger partial charge in [-0.15, -0.1) is 0 Å². The van der Waals surface area contributed by atoms with Crippen LogP contribution >= 0.6 is 0 Å². The van der Waals surface area contributed by atoms with E-state index in [9.17, 15) is 9.90 Å². The van der Waals surface area contributed by atoms with E-state index < -0.39 is 0 Å². The molecule has 1 heterocycles. The lowest BCUT2D eigenvalue weighted by molar-refractivity contribution is 0.118. The number of anilines is 1. The third-order valence-corrected chi connectivity index (χ3v) is 3.72. The second-order valence-electron chi connectivity index (χ2n) is 5.50. The van der Waals surface area contributed by atoms with Gasteiger partial charge in [0.2, 0.25) is 0 Å². The monoisotopic (exact) mass is 280 g/mol. The van der Waals surface area contributed by atoms with Gasteiger partial charge >= 0.3 is 6.03 Å². The van der Waals surface area contributed by atoms with Crippen LogP contribution in [0.1, 0.15) is 44.6 Å². The number of aliphatic hydroxyl groups excluding tert-OH is 1. The Hall–Kier alpha value is -1.56. The summed E-state index contributed by atoms with van der Waals surface area (Å²) in [5.41, 5.74) is 0.965. The summed E-state index contributed by atoms with van der Waals surface area (Å²) in [5.74, 6) is 0.764. The Morgan fingerprint density at radius 2 is 2.15 bits per heavy atom. The molecule has 6 nitrogen and oxygen atoms in total. The number of aryl methyl sites for hydroxylation is 2. The van der Waals surface area contributed by atoms with Crippen molar-refractivity contribution < 1.29 is 9.90 Å². The SMILES string of the molecule is CCCn1ncc(C)c1NC(=O)NC1CCC(O)CC1. The van der Waals surface area contributed by atoms with Crippen molar-refractivity contribution in [3.63, 3.8) is 0 Å². The van der Waals surface area contributed by atoms with Gasteiger partial charge in [-0.1, -0.05) is 6.92 Å². The van der Waals surface area contributed by atoms with Gasteiger partial charge in [-0.25, -0.2) is 9.48 Å². The molecule has 0 unspecified atom stereocenters. The van der Waals surface area contributed by atoms with E-state index in [1.54, 1.807) is 6.20 Å². The Balaban J connectivity index is 1.89. The van der Waals surface area contributed by atoms with Crippen molar-refractivity contribution in [2.75, 3.05) is 5.32 Å². The summed E-state index contributed by atoms with van der Waals surface area (Å²) in [5, 5.41) is 19.6. The molecular weight excluding hydrogens is 256 g/mol. The first-order chi connectivity index (χ1) is 9.60. The predicted molar refractivity (Wildman–Crippen MR) is 77.7 cm³/mol. The number of aromatic nitrogens is 2. The molecular formula is C14H24N4O2. The first-order valence-electron chi connectivity index (χ1n) is 7.38. The van der Waals surface area contributed by atoms with Crippen LogP contribution in [0, 0.1) is 6.92 Å². The number of hydrogen-bond donors (Lipinski definition) is 3. The molecule has 0 spiro atoms. The number of amides is 2. The van der Waals surface area contributed by atoms with Crippen molar-refractivity contribution in [2.45, 2.75) is 64.6 Å². The third-order valence-electron chi connectivity index (χ3n) is 3.72. The largest absolute Gasteiger partial charge is 0.393 e. The summed E-state index contributed by atoms with van der Waals surface area (Å²) in [6.07, 6.45) is 5.73. The molecule has 1 saturated carbocycles. The van der Waals surface area contributed by atoms with Crippen LogP contribution in [0.15, 0.2) is 6.20 Å². The summed E-state index contributed by atoms with van der Waals surface area (Å²) in [6.45, 7) is 4.80. The molecule has 0 aliphatic heterocycles. The molecule has 0 aromatic carbocycles. The molecule has 1 fully saturated rings. The van der Waals surface area contributed by atoms with E-state index in [1.807, 2.05) is 11.6 Å². The Morgan fingerprint density at radius 1 is 1.45 bits per heavy atom. The lowest BCUT2D eigenvalue weighted by Gasteiger charge is -2.26. The van der Waals surface area contributed by atoms with Crippen molar-refractivity contribution in [1.82, 2.24) is 15.1 Å². The molecule has 112 valence electrons. The maximum atomic E-state index is 12.0. The smallest absolute Gasteiger partial charge is 0.320 e. The number of aliphatic hydroxyl groups is 1. The zero-order valence-electron chi connectivity index (χ0n) is 12.2. The summed E-state index contributed by atoms with van der Waals surface area (Å²) < 4.78 is 1.82. The summed E-state index contributed by atoms with van der Waals surface area (Å²) in [4.78, 5) is 12.0. The van der Waals surface area contributed by atoms with E-state index in [-0.39, 0.29) is 18.2 Å². The van der Waals surface area contributed by atoms with Crippen LogP contribution in [0.25, 0.3) is 0 Å². The molecule has 20 heavy (non-hydrogen) atoms. The minimum atomic E-state index is -0.204. The fourth-order valence-corrected chi connectivity index (χ4v) is 2.57. The van der Waals surface area contributed by atoms with Crippen LogP contribution in [-0.2, 0) is 6.54 Å². The number of nitrogens with zero attached hydrogens (tertiary/aromatic N) is 2. The molecule has 6 heteroatoms. The van der Waals surface area contributed by atoms with E-state index in [4.69, 9.17) is 0 Å². The fraction of sp³-hybridized carbons (Fsp3) is 0.714. The van der Waals surface area contributed by atoms with Crippen molar-refractivity contribution >= 4 is 11.8 Å². The second-order valence-corrected chi connectivity index (χ2v) is 5.50. The van der Waals surface area contributed by atoms with E-state index >= 15 is 0 Å². The maximum absolute atomic E-state index is 12.0. The van der Waals surface area contributed by atoms with Gasteiger partial charge in [0, 0.05) is 18.2 Å². The second kappa shape index (κ2) is 6.74. The molecule has 0 radical (unpaired) electrons. The average Bonchev–Trinajstić information content (AvgIpc) is 2.75. The third kappa shape index (κ3) is 3.72.